The van der Waals surface area contributed by atoms with E-state index in [0.29, 0.717) is 12.3 Å². The molecule has 1 aromatic carbocycles. The van der Waals surface area contributed by atoms with Crippen LogP contribution in [-0.2, 0) is 4.79 Å². The summed E-state index contributed by atoms with van der Waals surface area (Å²) in [5.74, 6) is 0.925. The van der Waals surface area contributed by atoms with E-state index in [9.17, 15) is 4.79 Å². The fraction of sp³-hybridized carbons (Fsp3) is 0.588. The lowest BCUT2D eigenvalue weighted by atomic mass is 10.1. The number of piperazine rings is 1. The van der Waals surface area contributed by atoms with Crippen LogP contribution in [0.3, 0.4) is 0 Å². The van der Waals surface area contributed by atoms with Crippen LogP contribution in [-0.4, -0.2) is 42.9 Å². The van der Waals surface area contributed by atoms with Crippen LogP contribution in [0.1, 0.15) is 30.4 Å². The third kappa shape index (κ3) is 4.13. The molecule has 2 rings (SSSR count). The number of benzene rings is 1. The van der Waals surface area contributed by atoms with Crippen LogP contribution in [0.2, 0.25) is 0 Å². The van der Waals surface area contributed by atoms with Gasteiger partial charge in [0.2, 0.25) is 5.91 Å². The first-order valence-electron chi connectivity index (χ1n) is 7.78. The smallest absolute Gasteiger partial charge is 0.222 e. The molecule has 0 unspecified atom stereocenters. The Kier molecular flexibility index (Phi) is 5.92. The van der Waals surface area contributed by atoms with Gasteiger partial charge in [-0.1, -0.05) is 12.1 Å². The van der Waals surface area contributed by atoms with Crippen molar-refractivity contribution in [1.29, 1.82) is 0 Å². The highest BCUT2D eigenvalue weighted by Gasteiger charge is 2.21. The van der Waals surface area contributed by atoms with Crippen LogP contribution in [0.5, 0.6) is 0 Å². The number of hydrogen-bond donors (Lipinski definition) is 0. The lowest BCUT2D eigenvalue weighted by molar-refractivity contribution is -0.131. The molecule has 0 bridgehead atoms. The van der Waals surface area contributed by atoms with Gasteiger partial charge in [0.1, 0.15) is 0 Å². The molecule has 0 aliphatic carbocycles. The summed E-state index contributed by atoms with van der Waals surface area (Å²) in [6, 6.07) is 6.44. The molecule has 0 N–H and O–H groups in total. The molecule has 4 heteroatoms. The highest BCUT2D eigenvalue weighted by molar-refractivity contribution is 6.17. The molecule has 21 heavy (non-hydrogen) atoms. The monoisotopic (exact) mass is 308 g/mol. The molecule has 116 valence electrons. The van der Waals surface area contributed by atoms with E-state index >= 15 is 0 Å². The number of nitrogens with zero attached hydrogens (tertiary/aromatic N) is 2. The van der Waals surface area contributed by atoms with Crippen LogP contribution in [0.4, 0.5) is 5.69 Å². The molecule has 0 aromatic heterocycles. The van der Waals surface area contributed by atoms with Gasteiger partial charge in [-0.15, -0.1) is 11.6 Å². The van der Waals surface area contributed by atoms with Gasteiger partial charge in [-0.05, 0) is 43.9 Å². The average molecular weight is 309 g/mol. The number of anilines is 1. The largest absolute Gasteiger partial charge is 0.368 e. The van der Waals surface area contributed by atoms with Crippen molar-refractivity contribution in [2.45, 2.75) is 33.1 Å². The minimum Gasteiger partial charge on any atom is -0.368 e. The number of rotatable bonds is 5. The number of hydrogen-bond acceptors (Lipinski definition) is 2. The molecule has 0 radical (unpaired) electrons. The second-order valence-corrected chi connectivity index (χ2v) is 6.11. The molecule has 1 amide bonds. The van der Waals surface area contributed by atoms with E-state index in [1.165, 1.54) is 16.8 Å². The standard InChI is InChI=1S/C17H25ClN2O/c1-14-6-5-7-16(15(14)2)19-10-12-20(13-11-19)17(21)8-3-4-9-18/h5-7H,3-4,8-13H2,1-2H3. The number of aryl methyl sites for hydroxylation is 1. The van der Waals surface area contributed by atoms with Crippen molar-refractivity contribution in [2.24, 2.45) is 0 Å². The summed E-state index contributed by atoms with van der Waals surface area (Å²) in [4.78, 5) is 16.5. The highest BCUT2D eigenvalue weighted by Crippen LogP contribution is 2.24. The molecule has 1 aromatic rings. The third-order valence-electron chi connectivity index (χ3n) is 4.32. The SMILES string of the molecule is Cc1cccc(N2CCN(C(=O)CCCCCl)CC2)c1C. The molecule has 0 atom stereocenters. The molecule has 0 spiro atoms. The van der Waals surface area contributed by atoms with Crippen LogP contribution in [0.15, 0.2) is 18.2 Å². The molecule has 1 aliphatic heterocycles. The Hall–Kier alpha value is -1.22. The van der Waals surface area contributed by atoms with Crippen molar-refractivity contribution >= 4 is 23.2 Å². The van der Waals surface area contributed by atoms with Crippen LogP contribution in [0.25, 0.3) is 0 Å². The second-order valence-electron chi connectivity index (χ2n) is 5.73. The van der Waals surface area contributed by atoms with Gasteiger partial charge < -0.3 is 9.80 Å². The lowest BCUT2D eigenvalue weighted by Gasteiger charge is -2.37. The summed E-state index contributed by atoms with van der Waals surface area (Å²) in [5, 5.41) is 0. The molecule has 1 fully saturated rings. The van der Waals surface area contributed by atoms with Gasteiger partial charge in [-0.2, -0.15) is 0 Å². The van der Waals surface area contributed by atoms with Gasteiger partial charge >= 0.3 is 0 Å². The van der Waals surface area contributed by atoms with E-state index in [4.69, 9.17) is 11.6 Å². The Morgan fingerprint density at radius 2 is 1.86 bits per heavy atom. The maximum absolute atomic E-state index is 12.1. The topological polar surface area (TPSA) is 23.6 Å². The average Bonchev–Trinajstić information content (AvgIpc) is 2.50. The molecule has 1 saturated heterocycles. The van der Waals surface area contributed by atoms with Crippen molar-refractivity contribution in [3.8, 4) is 0 Å². The van der Waals surface area contributed by atoms with E-state index in [1.807, 2.05) is 4.90 Å². The predicted molar refractivity (Wildman–Crippen MR) is 89.3 cm³/mol. The molecular formula is C17H25ClN2O. The number of carbonyl (C=O) groups is 1. The van der Waals surface area contributed by atoms with E-state index in [-0.39, 0.29) is 5.91 Å². The van der Waals surface area contributed by atoms with Crippen molar-refractivity contribution in [3.63, 3.8) is 0 Å². The quantitative estimate of drug-likeness (QED) is 0.615. The fourth-order valence-electron chi connectivity index (χ4n) is 2.80. The Balaban J connectivity index is 1.88. The molecule has 1 heterocycles. The molecule has 3 nitrogen and oxygen atoms in total. The number of halogens is 1. The van der Waals surface area contributed by atoms with Gasteiger partial charge in [-0.3, -0.25) is 4.79 Å². The number of carbonyl (C=O) groups excluding carboxylic acids is 1. The summed E-state index contributed by atoms with van der Waals surface area (Å²) in [7, 11) is 0. The first kappa shape index (κ1) is 16.2. The minimum absolute atomic E-state index is 0.278. The zero-order chi connectivity index (χ0) is 15.2. The lowest BCUT2D eigenvalue weighted by Crippen LogP contribution is -2.49. The molecule has 0 saturated carbocycles. The second kappa shape index (κ2) is 7.69. The van der Waals surface area contributed by atoms with E-state index in [1.54, 1.807) is 0 Å². The van der Waals surface area contributed by atoms with Crippen molar-refractivity contribution in [2.75, 3.05) is 37.0 Å². The Bertz CT molecular complexity index is 482. The molecular weight excluding hydrogens is 284 g/mol. The van der Waals surface area contributed by atoms with Crippen LogP contribution < -0.4 is 4.90 Å². The third-order valence-corrected chi connectivity index (χ3v) is 4.59. The summed E-state index contributed by atoms with van der Waals surface area (Å²) < 4.78 is 0. The van der Waals surface area contributed by atoms with Crippen molar-refractivity contribution < 1.29 is 4.79 Å². The van der Waals surface area contributed by atoms with Gasteiger partial charge in [0.25, 0.3) is 0 Å². The van der Waals surface area contributed by atoms with Gasteiger partial charge in [0.05, 0.1) is 0 Å². The maximum Gasteiger partial charge on any atom is 0.222 e. The zero-order valence-corrected chi connectivity index (χ0v) is 13.8. The first-order valence-corrected chi connectivity index (χ1v) is 8.32. The summed E-state index contributed by atoms with van der Waals surface area (Å²) in [6.45, 7) is 7.82. The van der Waals surface area contributed by atoms with Crippen LogP contribution >= 0.6 is 11.6 Å². The Morgan fingerprint density at radius 3 is 2.52 bits per heavy atom. The Morgan fingerprint density at radius 1 is 1.14 bits per heavy atom. The van der Waals surface area contributed by atoms with Crippen molar-refractivity contribution in [1.82, 2.24) is 4.90 Å². The minimum atomic E-state index is 0.278. The number of unbranched alkanes of at least 4 members (excludes halogenated alkanes) is 1. The number of alkyl halides is 1. The normalized spacial score (nSPS) is 15.4. The highest BCUT2D eigenvalue weighted by atomic mass is 35.5. The van der Waals surface area contributed by atoms with E-state index in [0.717, 1.165) is 39.0 Å². The Labute approximate surface area is 132 Å². The van der Waals surface area contributed by atoms with Crippen LogP contribution in [0, 0.1) is 13.8 Å². The summed E-state index contributed by atoms with van der Waals surface area (Å²) in [5.41, 5.74) is 3.98. The van der Waals surface area contributed by atoms with Crippen molar-refractivity contribution in [3.05, 3.63) is 29.3 Å². The summed E-state index contributed by atoms with van der Waals surface area (Å²) >= 11 is 5.65. The first-order chi connectivity index (χ1) is 10.1. The summed E-state index contributed by atoms with van der Waals surface area (Å²) in [6.07, 6.45) is 2.46. The van der Waals surface area contributed by atoms with E-state index in [2.05, 4.69) is 36.9 Å². The van der Waals surface area contributed by atoms with Gasteiger partial charge in [0.15, 0.2) is 0 Å². The van der Waals surface area contributed by atoms with Gasteiger partial charge in [0, 0.05) is 44.2 Å². The number of amides is 1. The van der Waals surface area contributed by atoms with Gasteiger partial charge in [-0.25, -0.2) is 0 Å². The zero-order valence-electron chi connectivity index (χ0n) is 13.1. The fourth-order valence-corrected chi connectivity index (χ4v) is 2.99. The molecule has 1 aliphatic rings. The van der Waals surface area contributed by atoms with E-state index < -0.39 is 0 Å². The maximum atomic E-state index is 12.1. The predicted octanol–water partition coefficient (Wildman–Crippen LogP) is 3.36.